The number of hydrogen-bond donors (Lipinski definition) is 1. The van der Waals surface area contributed by atoms with E-state index in [0.29, 0.717) is 12.1 Å². The number of benzene rings is 1. The number of halogens is 1. The van der Waals surface area contributed by atoms with Gasteiger partial charge in [0, 0.05) is 44.5 Å². The summed E-state index contributed by atoms with van der Waals surface area (Å²) in [6, 6.07) is 8.11. The minimum absolute atomic E-state index is 0. The van der Waals surface area contributed by atoms with Gasteiger partial charge in [-0.2, -0.15) is 0 Å². The highest BCUT2D eigenvalue weighted by atomic mass is 35.5. The number of anilines is 1. The monoisotopic (exact) mass is 394 g/mol. The molecular formula is C19H27ClN4O3. The summed E-state index contributed by atoms with van der Waals surface area (Å²) < 4.78 is 7.04. The number of hydrogen-bond acceptors (Lipinski definition) is 5. The lowest BCUT2D eigenvalue weighted by molar-refractivity contribution is 0.249. The van der Waals surface area contributed by atoms with Crippen LogP contribution in [0.15, 0.2) is 40.1 Å². The van der Waals surface area contributed by atoms with Crippen LogP contribution in [-0.4, -0.2) is 54.3 Å². The molecule has 0 aliphatic carbocycles. The van der Waals surface area contributed by atoms with Crippen LogP contribution in [0.3, 0.4) is 0 Å². The zero-order valence-electron chi connectivity index (χ0n) is 15.8. The van der Waals surface area contributed by atoms with Gasteiger partial charge < -0.3 is 14.2 Å². The van der Waals surface area contributed by atoms with Gasteiger partial charge >= 0.3 is 5.69 Å². The van der Waals surface area contributed by atoms with Gasteiger partial charge in [-0.05, 0) is 32.0 Å². The minimum Gasteiger partial charge on any atom is -0.495 e. The maximum absolute atomic E-state index is 11.8. The van der Waals surface area contributed by atoms with Crippen molar-refractivity contribution < 1.29 is 4.74 Å². The Morgan fingerprint density at radius 3 is 2.48 bits per heavy atom. The van der Waals surface area contributed by atoms with E-state index in [2.05, 4.69) is 20.9 Å². The summed E-state index contributed by atoms with van der Waals surface area (Å²) in [6.07, 6.45) is 2.51. The number of aromatic nitrogens is 2. The first kappa shape index (κ1) is 21.1. The number of ether oxygens (including phenoxy) is 1. The Hall–Kier alpha value is -2.25. The molecule has 3 rings (SSSR count). The van der Waals surface area contributed by atoms with Crippen LogP contribution in [0.2, 0.25) is 0 Å². The lowest BCUT2D eigenvalue weighted by Crippen LogP contribution is -2.47. The van der Waals surface area contributed by atoms with Gasteiger partial charge in [0.2, 0.25) is 0 Å². The van der Waals surface area contributed by atoms with E-state index in [1.54, 1.807) is 24.8 Å². The second-order valence-corrected chi connectivity index (χ2v) is 6.62. The van der Waals surface area contributed by atoms with E-state index in [0.717, 1.165) is 50.6 Å². The Labute approximate surface area is 165 Å². The summed E-state index contributed by atoms with van der Waals surface area (Å²) in [6.45, 7) is 7.14. The number of nitrogens with one attached hydrogen (secondary N) is 1. The van der Waals surface area contributed by atoms with Crippen LogP contribution in [0.25, 0.3) is 0 Å². The van der Waals surface area contributed by atoms with Crippen molar-refractivity contribution in [3.8, 4) is 5.75 Å². The molecule has 0 bridgehead atoms. The SMILES string of the molecule is COc1ccccc1N1CCN(CCCn2cc(C)c(=O)[nH]c2=O)CC1.Cl. The van der Waals surface area contributed by atoms with E-state index in [9.17, 15) is 9.59 Å². The minimum atomic E-state index is -0.332. The topological polar surface area (TPSA) is 70.6 Å². The first-order valence-corrected chi connectivity index (χ1v) is 8.99. The Bertz CT molecular complexity index is 857. The van der Waals surface area contributed by atoms with Crippen LogP contribution < -0.4 is 20.9 Å². The number of methoxy groups -OCH3 is 1. The molecule has 1 aromatic carbocycles. The molecule has 0 atom stereocenters. The van der Waals surface area contributed by atoms with Crippen molar-refractivity contribution in [2.75, 3.05) is 44.7 Å². The van der Waals surface area contributed by atoms with E-state index in [-0.39, 0.29) is 23.7 Å². The highest BCUT2D eigenvalue weighted by molar-refractivity contribution is 5.85. The van der Waals surface area contributed by atoms with Crippen LogP contribution in [0.4, 0.5) is 5.69 Å². The molecule has 7 nitrogen and oxygen atoms in total. The smallest absolute Gasteiger partial charge is 0.328 e. The summed E-state index contributed by atoms with van der Waals surface area (Å²) in [5.74, 6) is 0.911. The van der Waals surface area contributed by atoms with Crippen molar-refractivity contribution in [1.82, 2.24) is 14.5 Å². The first-order valence-electron chi connectivity index (χ1n) is 8.99. The van der Waals surface area contributed by atoms with Crippen molar-refractivity contribution in [3.63, 3.8) is 0 Å². The molecule has 0 spiro atoms. The van der Waals surface area contributed by atoms with Crippen LogP contribution in [0.1, 0.15) is 12.0 Å². The predicted molar refractivity (Wildman–Crippen MR) is 110 cm³/mol. The molecule has 0 amide bonds. The molecule has 1 aromatic heterocycles. The van der Waals surface area contributed by atoms with E-state index in [1.165, 1.54) is 0 Å². The fourth-order valence-corrected chi connectivity index (χ4v) is 3.35. The van der Waals surface area contributed by atoms with E-state index >= 15 is 0 Å². The number of nitrogens with zero attached hydrogens (tertiary/aromatic N) is 3. The Kier molecular flexibility index (Phi) is 7.50. The van der Waals surface area contributed by atoms with Gasteiger partial charge in [0.25, 0.3) is 5.56 Å². The highest BCUT2D eigenvalue weighted by Gasteiger charge is 2.19. The number of para-hydroxylation sites is 2. The molecular weight excluding hydrogens is 368 g/mol. The third-order valence-electron chi connectivity index (χ3n) is 4.86. The summed E-state index contributed by atoms with van der Waals surface area (Å²) in [7, 11) is 1.70. The van der Waals surface area contributed by atoms with Gasteiger partial charge in [-0.3, -0.25) is 14.7 Å². The molecule has 2 aromatic rings. The lowest BCUT2D eigenvalue weighted by atomic mass is 10.2. The molecule has 1 fully saturated rings. The number of aromatic amines is 1. The van der Waals surface area contributed by atoms with Gasteiger partial charge in [0.05, 0.1) is 12.8 Å². The van der Waals surface area contributed by atoms with E-state index < -0.39 is 0 Å². The summed E-state index contributed by atoms with van der Waals surface area (Å²) in [5.41, 5.74) is 1.07. The Balaban J connectivity index is 0.00000261. The molecule has 1 aliphatic heterocycles. The normalized spacial score (nSPS) is 14.7. The summed E-state index contributed by atoms with van der Waals surface area (Å²) in [4.78, 5) is 30.3. The second kappa shape index (κ2) is 9.62. The largest absolute Gasteiger partial charge is 0.495 e. The molecule has 0 unspecified atom stereocenters. The molecule has 1 aliphatic rings. The van der Waals surface area contributed by atoms with Crippen LogP contribution in [0, 0.1) is 6.92 Å². The van der Waals surface area contributed by atoms with Crippen molar-refractivity contribution >= 4 is 18.1 Å². The molecule has 0 saturated carbocycles. The summed E-state index contributed by atoms with van der Waals surface area (Å²) in [5, 5.41) is 0. The van der Waals surface area contributed by atoms with Crippen LogP contribution in [-0.2, 0) is 6.54 Å². The molecule has 8 heteroatoms. The second-order valence-electron chi connectivity index (χ2n) is 6.62. The zero-order chi connectivity index (χ0) is 18.5. The molecule has 0 radical (unpaired) electrons. The van der Waals surface area contributed by atoms with Gasteiger partial charge in [-0.25, -0.2) is 4.79 Å². The molecule has 27 heavy (non-hydrogen) atoms. The van der Waals surface area contributed by atoms with Crippen molar-refractivity contribution in [2.24, 2.45) is 0 Å². The molecule has 1 N–H and O–H groups in total. The standard InChI is InChI=1S/C19H26N4O3.ClH/c1-15-14-23(19(25)20-18(15)24)9-5-8-21-10-12-22(13-11-21)16-6-3-4-7-17(16)26-2;/h3-4,6-7,14H,5,8-13H2,1-2H3,(H,20,24,25);1H. The van der Waals surface area contributed by atoms with Crippen molar-refractivity contribution in [2.45, 2.75) is 19.9 Å². The molecule has 1 saturated heterocycles. The average molecular weight is 395 g/mol. The van der Waals surface area contributed by atoms with Crippen molar-refractivity contribution in [3.05, 3.63) is 56.9 Å². The fraction of sp³-hybridized carbons (Fsp3) is 0.474. The molecule has 2 heterocycles. The number of H-pyrrole nitrogens is 1. The van der Waals surface area contributed by atoms with Crippen LogP contribution in [0.5, 0.6) is 5.75 Å². The average Bonchev–Trinajstić information content (AvgIpc) is 2.66. The Morgan fingerprint density at radius 2 is 1.78 bits per heavy atom. The number of aryl methyl sites for hydroxylation is 2. The Morgan fingerprint density at radius 1 is 1.07 bits per heavy atom. The number of rotatable bonds is 6. The van der Waals surface area contributed by atoms with Crippen molar-refractivity contribution in [1.29, 1.82) is 0 Å². The third-order valence-corrected chi connectivity index (χ3v) is 4.86. The highest BCUT2D eigenvalue weighted by Crippen LogP contribution is 2.28. The van der Waals surface area contributed by atoms with Gasteiger partial charge in [0.1, 0.15) is 5.75 Å². The van der Waals surface area contributed by atoms with Crippen LogP contribution >= 0.6 is 12.4 Å². The fourth-order valence-electron chi connectivity index (χ4n) is 3.35. The molecule has 148 valence electrons. The predicted octanol–water partition coefficient (Wildman–Crippen LogP) is 1.49. The number of piperazine rings is 1. The first-order chi connectivity index (χ1) is 12.6. The van der Waals surface area contributed by atoms with Gasteiger partial charge in [-0.1, -0.05) is 12.1 Å². The van der Waals surface area contributed by atoms with E-state index in [1.807, 2.05) is 18.2 Å². The maximum atomic E-state index is 11.8. The quantitative estimate of drug-likeness (QED) is 0.803. The van der Waals surface area contributed by atoms with Gasteiger partial charge in [-0.15, -0.1) is 12.4 Å². The van der Waals surface area contributed by atoms with Gasteiger partial charge in [0.15, 0.2) is 0 Å². The zero-order valence-corrected chi connectivity index (χ0v) is 16.6. The maximum Gasteiger partial charge on any atom is 0.328 e. The summed E-state index contributed by atoms with van der Waals surface area (Å²) >= 11 is 0. The van der Waals surface area contributed by atoms with E-state index in [4.69, 9.17) is 4.74 Å². The lowest BCUT2D eigenvalue weighted by Gasteiger charge is -2.36. The third kappa shape index (κ3) is 5.14.